The second kappa shape index (κ2) is 5.28. The molecule has 0 bridgehead atoms. The molecule has 0 atom stereocenters. The fourth-order valence-electron chi connectivity index (χ4n) is 2.14. The number of primary amides is 1. The normalized spacial score (nSPS) is 10.7. The number of carbonyl (C=O) groups excluding carboxylic acids is 1. The number of hydrogen-bond donors (Lipinski definition) is 1. The lowest BCUT2D eigenvalue weighted by Crippen LogP contribution is -2.20. The molecule has 2 aromatic carbocycles. The van der Waals surface area contributed by atoms with Gasteiger partial charge in [0.05, 0.1) is 0 Å². The summed E-state index contributed by atoms with van der Waals surface area (Å²) in [6.45, 7) is 1.73. The molecule has 2 N–H and O–H groups in total. The minimum absolute atomic E-state index is 0.155. The van der Waals surface area contributed by atoms with Crippen LogP contribution in [0.4, 0.5) is 0 Å². The molecule has 1 heterocycles. The number of fused-ring (bicyclic) bond motifs is 1. The minimum Gasteiger partial charge on any atom is -0.483 e. The molecule has 0 radical (unpaired) electrons. The van der Waals surface area contributed by atoms with Gasteiger partial charge in [0.2, 0.25) is 5.89 Å². The van der Waals surface area contributed by atoms with E-state index >= 15 is 0 Å². The van der Waals surface area contributed by atoms with Crippen LogP contribution in [-0.4, -0.2) is 17.5 Å². The number of ether oxygens (including phenoxy) is 1. The summed E-state index contributed by atoms with van der Waals surface area (Å²) in [5, 5.41) is 0. The van der Waals surface area contributed by atoms with Gasteiger partial charge in [-0.3, -0.25) is 4.79 Å². The lowest BCUT2D eigenvalue weighted by Gasteiger charge is -2.09. The van der Waals surface area contributed by atoms with E-state index in [-0.39, 0.29) is 6.61 Å². The van der Waals surface area contributed by atoms with Gasteiger partial charge >= 0.3 is 0 Å². The van der Waals surface area contributed by atoms with Crippen LogP contribution in [0.2, 0.25) is 0 Å². The number of amides is 1. The molecule has 0 aliphatic carbocycles. The van der Waals surface area contributed by atoms with Crippen molar-refractivity contribution in [1.82, 2.24) is 4.98 Å². The maximum absolute atomic E-state index is 10.8. The van der Waals surface area contributed by atoms with E-state index in [1.54, 1.807) is 6.07 Å². The largest absolute Gasteiger partial charge is 0.483 e. The Kier molecular flexibility index (Phi) is 3.31. The van der Waals surface area contributed by atoms with Gasteiger partial charge in [-0.15, -0.1) is 0 Å². The molecule has 1 amide bonds. The number of para-hydroxylation sites is 2. The third kappa shape index (κ3) is 2.58. The van der Waals surface area contributed by atoms with E-state index in [0.29, 0.717) is 11.6 Å². The summed E-state index contributed by atoms with van der Waals surface area (Å²) in [5.74, 6) is 0.605. The van der Waals surface area contributed by atoms with E-state index in [9.17, 15) is 4.79 Å². The summed E-state index contributed by atoms with van der Waals surface area (Å²) in [6, 6.07) is 13.1. The lowest BCUT2D eigenvalue weighted by molar-refractivity contribution is -0.119. The topological polar surface area (TPSA) is 78.4 Å². The summed E-state index contributed by atoms with van der Waals surface area (Å²) in [6.07, 6.45) is 0. The molecule has 3 rings (SSSR count). The second-order valence-electron chi connectivity index (χ2n) is 4.67. The van der Waals surface area contributed by atoms with Crippen molar-refractivity contribution >= 4 is 17.0 Å². The Morgan fingerprint density at radius 2 is 2.05 bits per heavy atom. The molecular weight excluding hydrogens is 268 g/mol. The Hall–Kier alpha value is -2.82. The quantitative estimate of drug-likeness (QED) is 0.798. The van der Waals surface area contributed by atoms with Gasteiger partial charge < -0.3 is 14.9 Å². The van der Waals surface area contributed by atoms with Gasteiger partial charge in [0.1, 0.15) is 11.3 Å². The Morgan fingerprint density at radius 3 is 2.81 bits per heavy atom. The standard InChI is InChI=1S/C16H14N2O3/c1-10-11(5-4-8-13(10)20-9-15(17)19)16-18-12-6-2-3-7-14(12)21-16/h2-8H,9H2,1H3,(H2,17,19). The Balaban J connectivity index is 2.01. The average molecular weight is 282 g/mol. The van der Waals surface area contributed by atoms with E-state index in [1.807, 2.05) is 43.3 Å². The fourth-order valence-corrected chi connectivity index (χ4v) is 2.14. The predicted octanol–water partition coefficient (Wildman–Crippen LogP) is 2.67. The maximum Gasteiger partial charge on any atom is 0.255 e. The smallest absolute Gasteiger partial charge is 0.255 e. The lowest BCUT2D eigenvalue weighted by atomic mass is 10.1. The van der Waals surface area contributed by atoms with Crippen molar-refractivity contribution in [2.45, 2.75) is 6.92 Å². The summed E-state index contributed by atoms with van der Waals surface area (Å²) < 4.78 is 11.1. The predicted molar refractivity (Wildman–Crippen MR) is 78.9 cm³/mol. The zero-order chi connectivity index (χ0) is 14.8. The van der Waals surface area contributed by atoms with Crippen LogP contribution < -0.4 is 10.5 Å². The number of benzene rings is 2. The monoisotopic (exact) mass is 282 g/mol. The molecule has 0 fully saturated rings. The first kappa shape index (κ1) is 13.2. The SMILES string of the molecule is Cc1c(OCC(N)=O)cccc1-c1nc2ccccc2o1. The second-order valence-corrected chi connectivity index (χ2v) is 4.67. The Morgan fingerprint density at radius 1 is 1.24 bits per heavy atom. The number of nitrogens with zero attached hydrogens (tertiary/aromatic N) is 1. The highest BCUT2D eigenvalue weighted by Crippen LogP contribution is 2.31. The van der Waals surface area contributed by atoms with Crippen LogP contribution in [0, 0.1) is 6.92 Å². The molecule has 21 heavy (non-hydrogen) atoms. The Bertz CT molecular complexity index is 775. The number of rotatable bonds is 4. The first-order chi connectivity index (χ1) is 10.1. The first-order valence-electron chi connectivity index (χ1n) is 6.52. The minimum atomic E-state index is -0.512. The number of oxazole rings is 1. The molecule has 0 saturated heterocycles. The zero-order valence-corrected chi connectivity index (χ0v) is 11.5. The molecule has 5 nitrogen and oxygen atoms in total. The maximum atomic E-state index is 10.8. The van der Waals surface area contributed by atoms with Gasteiger partial charge in [-0.25, -0.2) is 4.98 Å². The fraction of sp³-hybridized carbons (Fsp3) is 0.125. The van der Waals surface area contributed by atoms with E-state index in [0.717, 1.165) is 22.2 Å². The van der Waals surface area contributed by atoms with Crippen LogP contribution in [0.5, 0.6) is 5.75 Å². The van der Waals surface area contributed by atoms with Crippen molar-refractivity contribution in [2.24, 2.45) is 5.73 Å². The van der Waals surface area contributed by atoms with Gasteiger partial charge in [-0.05, 0) is 31.2 Å². The molecule has 106 valence electrons. The first-order valence-corrected chi connectivity index (χ1v) is 6.52. The van der Waals surface area contributed by atoms with Crippen LogP contribution in [0.1, 0.15) is 5.56 Å². The summed E-state index contributed by atoms with van der Waals surface area (Å²) in [5.41, 5.74) is 8.31. The molecule has 0 aliphatic rings. The highest BCUT2D eigenvalue weighted by atomic mass is 16.5. The van der Waals surface area contributed by atoms with E-state index in [2.05, 4.69) is 4.98 Å². The van der Waals surface area contributed by atoms with Crippen molar-refractivity contribution < 1.29 is 13.9 Å². The van der Waals surface area contributed by atoms with Crippen molar-refractivity contribution in [2.75, 3.05) is 6.61 Å². The third-order valence-electron chi connectivity index (χ3n) is 3.18. The van der Waals surface area contributed by atoms with Crippen LogP contribution in [0.15, 0.2) is 46.9 Å². The van der Waals surface area contributed by atoms with E-state index < -0.39 is 5.91 Å². The van der Waals surface area contributed by atoms with Crippen molar-refractivity contribution in [3.63, 3.8) is 0 Å². The third-order valence-corrected chi connectivity index (χ3v) is 3.18. The molecule has 0 saturated carbocycles. The molecule has 1 aromatic heterocycles. The van der Waals surface area contributed by atoms with Crippen molar-refractivity contribution in [3.8, 4) is 17.2 Å². The molecule has 0 aliphatic heterocycles. The molecule has 5 heteroatoms. The summed E-state index contributed by atoms with van der Waals surface area (Å²) in [7, 11) is 0. The number of nitrogens with two attached hydrogens (primary N) is 1. The van der Waals surface area contributed by atoms with E-state index in [4.69, 9.17) is 14.9 Å². The van der Waals surface area contributed by atoms with Gasteiger partial charge in [0, 0.05) is 11.1 Å². The van der Waals surface area contributed by atoms with E-state index in [1.165, 1.54) is 0 Å². The van der Waals surface area contributed by atoms with Gasteiger partial charge in [-0.2, -0.15) is 0 Å². The number of hydrogen-bond acceptors (Lipinski definition) is 4. The zero-order valence-electron chi connectivity index (χ0n) is 11.5. The van der Waals surface area contributed by atoms with Gasteiger partial charge in [-0.1, -0.05) is 18.2 Å². The summed E-state index contributed by atoms with van der Waals surface area (Å²) >= 11 is 0. The number of aromatic nitrogens is 1. The molecule has 0 spiro atoms. The van der Waals surface area contributed by atoms with Crippen molar-refractivity contribution in [1.29, 1.82) is 0 Å². The Labute approximate surface area is 121 Å². The molecular formula is C16H14N2O3. The van der Waals surface area contributed by atoms with Crippen LogP contribution >= 0.6 is 0 Å². The highest BCUT2D eigenvalue weighted by molar-refractivity contribution is 5.77. The van der Waals surface area contributed by atoms with Crippen molar-refractivity contribution in [3.05, 3.63) is 48.0 Å². The highest BCUT2D eigenvalue weighted by Gasteiger charge is 2.13. The molecule has 3 aromatic rings. The molecule has 0 unspecified atom stereocenters. The van der Waals surface area contributed by atoms with Gasteiger partial charge in [0.25, 0.3) is 5.91 Å². The van der Waals surface area contributed by atoms with Crippen LogP contribution in [0.25, 0.3) is 22.6 Å². The van der Waals surface area contributed by atoms with Crippen LogP contribution in [0.3, 0.4) is 0 Å². The van der Waals surface area contributed by atoms with Crippen LogP contribution in [-0.2, 0) is 4.79 Å². The average Bonchev–Trinajstić information content (AvgIpc) is 2.89. The number of carbonyl (C=O) groups is 1. The van der Waals surface area contributed by atoms with Gasteiger partial charge in [0.15, 0.2) is 12.2 Å². The summed E-state index contributed by atoms with van der Waals surface area (Å²) in [4.78, 5) is 15.3.